The highest BCUT2D eigenvalue weighted by Gasteiger charge is 2.16. The Morgan fingerprint density at radius 2 is 2.17 bits per heavy atom. The summed E-state index contributed by atoms with van der Waals surface area (Å²) in [6, 6.07) is 2.62. The lowest BCUT2D eigenvalue weighted by Gasteiger charge is -2.14. The van der Waals surface area contributed by atoms with E-state index in [1.54, 1.807) is 12.1 Å². The summed E-state index contributed by atoms with van der Waals surface area (Å²) >= 11 is 0. The number of carboxylic acids is 1. The highest BCUT2D eigenvalue weighted by atomic mass is 16.4. The summed E-state index contributed by atoms with van der Waals surface area (Å²) in [6.07, 6.45) is 3.79. The fraction of sp³-hybridized carbons (Fsp3) is 0.462. The second-order valence-corrected chi connectivity index (χ2v) is 4.17. The summed E-state index contributed by atoms with van der Waals surface area (Å²) in [5, 5.41) is 11.9. The molecule has 2 N–H and O–H groups in total. The van der Waals surface area contributed by atoms with E-state index in [0.29, 0.717) is 17.8 Å². The first-order valence-corrected chi connectivity index (χ1v) is 6.01. The molecule has 98 valence electrons. The van der Waals surface area contributed by atoms with Gasteiger partial charge in [-0.25, -0.2) is 9.78 Å². The number of aromatic nitrogens is 1. The number of Topliss-reactive ketones (excluding diaryl/α,β-unsaturated/α-hetero) is 1. The first-order valence-electron chi connectivity index (χ1n) is 6.01. The zero-order valence-electron chi connectivity index (χ0n) is 10.6. The zero-order chi connectivity index (χ0) is 13.5. The molecule has 0 fully saturated rings. The number of aliphatic carboxylic acids is 1. The molecule has 1 aromatic rings. The Hall–Kier alpha value is -1.91. The Labute approximate surface area is 106 Å². The highest BCUT2D eigenvalue weighted by Crippen LogP contribution is 2.10. The van der Waals surface area contributed by atoms with Crippen molar-refractivity contribution in [3.05, 3.63) is 23.9 Å². The Balaban J connectivity index is 2.68. The van der Waals surface area contributed by atoms with E-state index in [1.165, 1.54) is 13.1 Å². The van der Waals surface area contributed by atoms with Gasteiger partial charge in [0, 0.05) is 11.8 Å². The average Bonchev–Trinajstić information content (AvgIpc) is 2.34. The number of nitrogens with zero attached hydrogens (tertiary/aromatic N) is 1. The first-order chi connectivity index (χ1) is 8.54. The van der Waals surface area contributed by atoms with Crippen LogP contribution in [0.5, 0.6) is 0 Å². The van der Waals surface area contributed by atoms with Crippen LogP contribution in [0.3, 0.4) is 0 Å². The highest BCUT2D eigenvalue weighted by molar-refractivity contribution is 5.93. The molecule has 0 spiro atoms. The van der Waals surface area contributed by atoms with E-state index in [0.717, 1.165) is 12.8 Å². The quantitative estimate of drug-likeness (QED) is 0.726. The van der Waals surface area contributed by atoms with Gasteiger partial charge in [0.25, 0.3) is 0 Å². The molecule has 1 atom stereocenters. The molecular formula is C13H18N2O3. The van der Waals surface area contributed by atoms with Crippen LogP contribution in [-0.2, 0) is 4.79 Å². The third-order valence-corrected chi connectivity index (χ3v) is 2.64. The van der Waals surface area contributed by atoms with E-state index in [1.807, 2.05) is 6.92 Å². The molecule has 0 saturated heterocycles. The van der Waals surface area contributed by atoms with Crippen LogP contribution in [-0.4, -0.2) is 27.9 Å². The molecule has 0 aliphatic carbocycles. The third-order valence-electron chi connectivity index (χ3n) is 2.64. The van der Waals surface area contributed by atoms with Crippen LogP contribution >= 0.6 is 0 Å². The maximum absolute atomic E-state index is 11.1. The van der Waals surface area contributed by atoms with E-state index >= 15 is 0 Å². The molecule has 0 saturated carbocycles. The van der Waals surface area contributed by atoms with Gasteiger partial charge in [-0.2, -0.15) is 0 Å². The van der Waals surface area contributed by atoms with Crippen molar-refractivity contribution in [3.63, 3.8) is 0 Å². The van der Waals surface area contributed by atoms with Crippen LogP contribution in [0, 0.1) is 0 Å². The lowest BCUT2D eigenvalue weighted by molar-refractivity contribution is -0.138. The summed E-state index contributed by atoms with van der Waals surface area (Å²) in [5.74, 6) is -0.473. The number of carbonyl (C=O) groups is 2. The van der Waals surface area contributed by atoms with Crippen LogP contribution in [0.25, 0.3) is 0 Å². The third kappa shape index (κ3) is 4.16. The lowest BCUT2D eigenvalue weighted by Crippen LogP contribution is -2.29. The number of hydrogen-bond donors (Lipinski definition) is 2. The van der Waals surface area contributed by atoms with E-state index in [9.17, 15) is 9.59 Å². The van der Waals surface area contributed by atoms with Gasteiger partial charge >= 0.3 is 5.97 Å². The number of pyridine rings is 1. The molecule has 5 nitrogen and oxygen atoms in total. The number of carbonyl (C=O) groups excluding carboxylic acids is 1. The van der Waals surface area contributed by atoms with Crippen molar-refractivity contribution >= 4 is 17.6 Å². The van der Waals surface area contributed by atoms with Crippen molar-refractivity contribution in [2.24, 2.45) is 0 Å². The van der Waals surface area contributed by atoms with Crippen molar-refractivity contribution in [1.82, 2.24) is 4.98 Å². The summed E-state index contributed by atoms with van der Waals surface area (Å²) < 4.78 is 0. The van der Waals surface area contributed by atoms with Crippen LogP contribution in [0.15, 0.2) is 18.3 Å². The molecule has 1 unspecified atom stereocenters. The van der Waals surface area contributed by atoms with E-state index in [-0.39, 0.29) is 5.78 Å². The van der Waals surface area contributed by atoms with Crippen LogP contribution in [0.4, 0.5) is 5.82 Å². The molecule has 1 heterocycles. The fourth-order valence-corrected chi connectivity index (χ4v) is 1.53. The van der Waals surface area contributed by atoms with Gasteiger partial charge in [-0.05, 0) is 25.5 Å². The Morgan fingerprint density at radius 3 is 2.61 bits per heavy atom. The molecule has 0 aliphatic heterocycles. The first kappa shape index (κ1) is 14.2. The number of ketones is 1. The Bertz CT molecular complexity index is 415. The van der Waals surface area contributed by atoms with Crippen molar-refractivity contribution < 1.29 is 14.7 Å². The predicted molar refractivity (Wildman–Crippen MR) is 68.8 cm³/mol. The van der Waals surface area contributed by atoms with Crippen LogP contribution < -0.4 is 5.32 Å². The minimum atomic E-state index is -0.888. The standard InChI is InChI=1S/C13H18N2O3/c1-3-4-5-11(13(17)18)15-12-7-6-10(8-14-12)9(2)16/h6-8,11H,3-5H2,1-2H3,(H,14,15)(H,17,18). The summed E-state index contributed by atoms with van der Waals surface area (Å²) in [5.41, 5.74) is 0.515. The van der Waals surface area contributed by atoms with Crippen molar-refractivity contribution in [1.29, 1.82) is 0 Å². The minimum Gasteiger partial charge on any atom is -0.480 e. The van der Waals surface area contributed by atoms with Crippen molar-refractivity contribution in [3.8, 4) is 0 Å². The summed E-state index contributed by atoms with van der Waals surface area (Å²) in [7, 11) is 0. The number of nitrogens with one attached hydrogen (secondary N) is 1. The SMILES string of the molecule is CCCCC(Nc1ccc(C(C)=O)cn1)C(=O)O. The zero-order valence-corrected chi connectivity index (χ0v) is 10.6. The predicted octanol–water partition coefficient (Wildman–Crippen LogP) is 2.34. The minimum absolute atomic E-state index is 0.0604. The molecule has 0 amide bonds. The second kappa shape index (κ2) is 6.74. The Morgan fingerprint density at radius 1 is 1.44 bits per heavy atom. The van der Waals surface area contributed by atoms with Gasteiger partial charge in [-0.1, -0.05) is 19.8 Å². The smallest absolute Gasteiger partial charge is 0.326 e. The Kier molecular flexibility index (Phi) is 5.30. The van der Waals surface area contributed by atoms with Gasteiger partial charge in [0.05, 0.1) is 0 Å². The number of rotatable bonds is 7. The van der Waals surface area contributed by atoms with Crippen LogP contribution in [0.1, 0.15) is 43.5 Å². The average molecular weight is 250 g/mol. The topological polar surface area (TPSA) is 79.3 Å². The monoisotopic (exact) mass is 250 g/mol. The van der Waals surface area contributed by atoms with E-state index in [2.05, 4.69) is 10.3 Å². The van der Waals surface area contributed by atoms with Gasteiger partial charge in [-0.15, -0.1) is 0 Å². The maximum Gasteiger partial charge on any atom is 0.326 e. The van der Waals surface area contributed by atoms with Gasteiger partial charge < -0.3 is 10.4 Å². The number of anilines is 1. The van der Waals surface area contributed by atoms with Crippen molar-refractivity contribution in [2.45, 2.75) is 39.2 Å². The molecule has 0 radical (unpaired) electrons. The van der Waals surface area contributed by atoms with Gasteiger partial charge in [0.1, 0.15) is 11.9 Å². The molecule has 1 aromatic heterocycles. The summed E-state index contributed by atoms with van der Waals surface area (Å²) in [6.45, 7) is 3.48. The largest absolute Gasteiger partial charge is 0.480 e. The van der Waals surface area contributed by atoms with Crippen molar-refractivity contribution in [2.75, 3.05) is 5.32 Å². The molecule has 0 aliphatic rings. The molecular weight excluding hydrogens is 232 g/mol. The van der Waals surface area contributed by atoms with Gasteiger partial charge in [0.15, 0.2) is 5.78 Å². The number of hydrogen-bond acceptors (Lipinski definition) is 4. The maximum atomic E-state index is 11.1. The molecule has 0 aromatic carbocycles. The molecule has 0 bridgehead atoms. The number of unbranched alkanes of at least 4 members (excludes halogenated alkanes) is 1. The van der Waals surface area contributed by atoms with E-state index in [4.69, 9.17) is 5.11 Å². The van der Waals surface area contributed by atoms with E-state index < -0.39 is 12.0 Å². The lowest BCUT2D eigenvalue weighted by atomic mass is 10.1. The number of carboxylic acid groups (broad SMARTS) is 1. The summed E-state index contributed by atoms with van der Waals surface area (Å²) in [4.78, 5) is 26.1. The molecule has 18 heavy (non-hydrogen) atoms. The van der Waals surface area contributed by atoms with Gasteiger partial charge in [0.2, 0.25) is 0 Å². The normalized spacial score (nSPS) is 11.9. The molecule has 1 rings (SSSR count). The van der Waals surface area contributed by atoms with Gasteiger partial charge in [-0.3, -0.25) is 4.79 Å². The second-order valence-electron chi connectivity index (χ2n) is 4.17. The molecule has 5 heteroatoms. The fourth-order valence-electron chi connectivity index (χ4n) is 1.53. The van der Waals surface area contributed by atoms with Crippen LogP contribution in [0.2, 0.25) is 0 Å².